The van der Waals surface area contributed by atoms with Crippen molar-refractivity contribution in [1.29, 1.82) is 0 Å². The van der Waals surface area contributed by atoms with Crippen LogP contribution in [0.1, 0.15) is 33.1 Å². The van der Waals surface area contributed by atoms with Crippen LogP contribution in [0.2, 0.25) is 0 Å². The molecule has 2 nitrogen and oxygen atoms in total. The molecule has 2 N–H and O–H groups in total. The number of hydrogen-bond acceptors (Lipinski definition) is 2. The van der Waals surface area contributed by atoms with Gasteiger partial charge < -0.3 is 10.4 Å². The SMILES string of the molecule is CC(C)CC(CO)NCC1CC1. The minimum absolute atomic E-state index is 0.283. The molecule has 1 rings (SSSR count). The molecule has 1 saturated carbocycles. The second kappa shape index (κ2) is 4.83. The number of aliphatic hydroxyl groups excluding tert-OH is 1. The first-order chi connectivity index (χ1) is 5.72. The zero-order valence-electron chi connectivity index (χ0n) is 8.21. The first-order valence-corrected chi connectivity index (χ1v) is 5.06. The molecule has 1 fully saturated rings. The van der Waals surface area contributed by atoms with Gasteiger partial charge in [0.05, 0.1) is 6.61 Å². The minimum atomic E-state index is 0.283. The van der Waals surface area contributed by atoms with E-state index in [1.165, 1.54) is 12.8 Å². The zero-order valence-corrected chi connectivity index (χ0v) is 8.21. The summed E-state index contributed by atoms with van der Waals surface area (Å²) in [4.78, 5) is 0. The van der Waals surface area contributed by atoms with Crippen molar-refractivity contribution in [2.24, 2.45) is 11.8 Å². The smallest absolute Gasteiger partial charge is 0.0584 e. The highest BCUT2D eigenvalue weighted by molar-refractivity contribution is 4.78. The van der Waals surface area contributed by atoms with E-state index in [1.54, 1.807) is 0 Å². The van der Waals surface area contributed by atoms with Crippen molar-refractivity contribution >= 4 is 0 Å². The Morgan fingerprint density at radius 2 is 2.08 bits per heavy atom. The molecule has 0 aliphatic heterocycles. The maximum atomic E-state index is 9.05. The number of rotatable bonds is 6. The molecule has 1 unspecified atom stereocenters. The van der Waals surface area contributed by atoms with E-state index in [9.17, 15) is 0 Å². The summed E-state index contributed by atoms with van der Waals surface area (Å²) in [5.41, 5.74) is 0. The molecule has 2 heteroatoms. The summed E-state index contributed by atoms with van der Waals surface area (Å²) in [5.74, 6) is 1.58. The molecule has 1 atom stereocenters. The fourth-order valence-electron chi connectivity index (χ4n) is 1.45. The van der Waals surface area contributed by atoms with Crippen molar-refractivity contribution in [3.8, 4) is 0 Å². The van der Waals surface area contributed by atoms with Crippen molar-refractivity contribution in [2.75, 3.05) is 13.2 Å². The molecular formula is C10H21NO. The van der Waals surface area contributed by atoms with E-state index in [4.69, 9.17) is 5.11 Å². The number of hydrogen-bond donors (Lipinski definition) is 2. The average Bonchev–Trinajstić information content (AvgIpc) is 2.80. The predicted molar refractivity (Wildman–Crippen MR) is 51.1 cm³/mol. The molecule has 1 aliphatic carbocycles. The maximum Gasteiger partial charge on any atom is 0.0584 e. The van der Waals surface area contributed by atoms with E-state index in [-0.39, 0.29) is 6.61 Å². The van der Waals surface area contributed by atoms with Crippen LogP contribution in [0.4, 0.5) is 0 Å². The van der Waals surface area contributed by atoms with Gasteiger partial charge in [-0.15, -0.1) is 0 Å². The lowest BCUT2D eigenvalue weighted by molar-refractivity contribution is 0.223. The molecule has 0 aromatic heterocycles. The molecule has 0 spiro atoms. The molecular weight excluding hydrogens is 150 g/mol. The molecule has 0 saturated heterocycles. The lowest BCUT2D eigenvalue weighted by atomic mass is 10.0. The van der Waals surface area contributed by atoms with Gasteiger partial charge in [-0.1, -0.05) is 13.8 Å². The Kier molecular flexibility index (Phi) is 4.02. The van der Waals surface area contributed by atoms with E-state index < -0.39 is 0 Å². The van der Waals surface area contributed by atoms with Crippen LogP contribution in [-0.2, 0) is 0 Å². The standard InChI is InChI=1S/C10H21NO/c1-8(2)5-10(7-12)11-6-9-3-4-9/h8-12H,3-7H2,1-2H3. The van der Waals surface area contributed by atoms with Crippen LogP contribution in [0, 0.1) is 11.8 Å². The predicted octanol–water partition coefficient (Wildman–Crippen LogP) is 1.39. The van der Waals surface area contributed by atoms with E-state index in [0.29, 0.717) is 12.0 Å². The van der Waals surface area contributed by atoms with Gasteiger partial charge in [-0.2, -0.15) is 0 Å². The van der Waals surface area contributed by atoms with Crippen LogP contribution in [-0.4, -0.2) is 24.3 Å². The van der Waals surface area contributed by atoms with Gasteiger partial charge in [0, 0.05) is 6.04 Å². The Balaban J connectivity index is 2.06. The van der Waals surface area contributed by atoms with Crippen LogP contribution in [0.25, 0.3) is 0 Å². The van der Waals surface area contributed by atoms with Gasteiger partial charge in [0.1, 0.15) is 0 Å². The first kappa shape index (κ1) is 10.0. The van der Waals surface area contributed by atoms with Gasteiger partial charge in [-0.05, 0) is 37.6 Å². The van der Waals surface area contributed by atoms with Crippen molar-refractivity contribution in [3.05, 3.63) is 0 Å². The van der Waals surface area contributed by atoms with Gasteiger partial charge in [0.15, 0.2) is 0 Å². The van der Waals surface area contributed by atoms with Crippen LogP contribution in [0.5, 0.6) is 0 Å². The highest BCUT2D eigenvalue weighted by atomic mass is 16.3. The van der Waals surface area contributed by atoms with Crippen LogP contribution < -0.4 is 5.32 Å². The Labute approximate surface area is 75.4 Å². The summed E-state index contributed by atoms with van der Waals surface area (Å²) < 4.78 is 0. The van der Waals surface area contributed by atoms with Crippen molar-refractivity contribution in [3.63, 3.8) is 0 Å². The Bertz CT molecular complexity index is 121. The van der Waals surface area contributed by atoms with Crippen LogP contribution in [0.3, 0.4) is 0 Å². The van der Waals surface area contributed by atoms with E-state index in [1.807, 2.05) is 0 Å². The largest absolute Gasteiger partial charge is 0.395 e. The molecule has 0 aromatic rings. The van der Waals surface area contributed by atoms with E-state index >= 15 is 0 Å². The van der Waals surface area contributed by atoms with Crippen LogP contribution >= 0.6 is 0 Å². The molecule has 0 heterocycles. The third-order valence-electron chi connectivity index (χ3n) is 2.37. The summed E-state index contributed by atoms with van der Waals surface area (Å²) >= 11 is 0. The third-order valence-corrected chi connectivity index (χ3v) is 2.37. The first-order valence-electron chi connectivity index (χ1n) is 5.06. The normalized spacial score (nSPS) is 20.0. The van der Waals surface area contributed by atoms with E-state index in [2.05, 4.69) is 19.2 Å². The minimum Gasteiger partial charge on any atom is -0.395 e. The van der Waals surface area contributed by atoms with Gasteiger partial charge >= 0.3 is 0 Å². The molecule has 12 heavy (non-hydrogen) atoms. The third kappa shape index (κ3) is 4.07. The molecule has 72 valence electrons. The quantitative estimate of drug-likeness (QED) is 0.633. The van der Waals surface area contributed by atoms with Crippen molar-refractivity contribution in [2.45, 2.75) is 39.2 Å². The lowest BCUT2D eigenvalue weighted by Gasteiger charge is -2.17. The second-order valence-electron chi connectivity index (χ2n) is 4.36. The Morgan fingerprint density at radius 3 is 2.50 bits per heavy atom. The van der Waals surface area contributed by atoms with Crippen molar-refractivity contribution < 1.29 is 5.11 Å². The van der Waals surface area contributed by atoms with E-state index in [0.717, 1.165) is 18.9 Å². The fraction of sp³-hybridized carbons (Fsp3) is 1.00. The number of nitrogens with one attached hydrogen (secondary N) is 1. The monoisotopic (exact) mass is 171 g/mol. The summed E-state index contributed by atoms with van der Waals surface area (Å²) in [6.07, 6.45) is 3.85. The summed E-state index contributed by atoms with van der Waals surface area (Å²) in [7, 11) is 0. The Morgan fingerprint density at radius 1 is 1.42 bits per heavy atom. The topological polar surface area (TPSA) is 32.3 Å². The Hall–Kier alpha value is -0.0800. The molecule has 0 amide bonds. The van der Waals surface area contributed by atoms with Gasteiger partial charge in [0.2, 0.25) is 0 Å². The second-order valence-corrected chi connectivity index (χ2v) is 4.36. The molecule has 0 radical (unpaired) electrons. The number of aliphatic hydroxyl groups is 1. The van der Waals surface area contributed by atoms with Gasteiger partial charge in [-0.25, -0.2) is 0 Å². The lowest BCUT2D eigenvalue weighted by Crippen LogP contribution is -2.35. The zero-order chi connectivity index (χ0) is 8.97. The van der Waals surface area contributed by atoms with Crippen molar-refractivity contribution in [1.82, 2.24) is 5.32 Å². The highest BCUT2D eigenvalue weighted by Gasteiger charge is 2.22. The molecule has 1 aliphatic rings. The maximum absolute atomic E-state index is 9.05. The van der Waals surface area contributed by atoms with Gasteiger partial charge in [-0.3, -0.25) is 0 Å². The molecule has 0 aromatic carbocycles. The summed E-state index contributed by atoms with van der Waals surface area (Å²) in [6, 6.07) is 0.325. The van der Waals surface area contributed by atoms with Crippen LogP contribution in [0.15, 0.2) is 0 Å². The summed E-state index contributed by atoms with van der Waals surface area (Å²) in [6.45, 7) is 5.78. The van der Waals surface area contributed by atoms with Gasteiger partial charge in [0.25, 0.3) is 0 Å². The highest BCUT2D eigenvalue weighted by Crippen LogP contribution is 2.27. The average molecular weight is 171 g/mol. The summed E-state index contributed by atoms with van der Waals surface area (Å²) in [5, 5.41) is 12.5. The molecule has 0 bridgehead atoms. The fourth-order valence-corrected chi connectivity index (χ4v) is 1.45.